The molecule has 0 saturated heterocycles. The number of aromatic nitrogens is 1. The van der Waals surface area contributed by atoms with Gasteiger partial charge in [0.15, 0.2) is 5.03 Å². The number of hydrogen-bond acceptors (Lipinski definition) is 5. The third-order valence-electron chi connectivity index (χ3n) is 1.79. The van der Waals surface area contributed by atoms with E-state index in [2.05, 4.69) is 9.72 Å². The Balaban J connectivity index is 2.96. The molecule has 0 aliphatic rings. The molecular formula is C9H11FN2O4S. The molecule has 6 nitrogen and oxygen atoms in total. The van der Waals surface area contributed by atoms with E-state index >= 15 is 0 Å². The summed E-state index contributed by atoms with van der Waals surface area (Å²) in [6.07, 6.45) is -1.13. The Morgan fingerprint density at radius 1 is 1.65 bits per heavy atom. The molecule has 2 N–H and O–H groups in total. The summed E-state index contributed by atoms with van der Waals surface area (Å²) in [5, 5.41) is 4.49. The third-order valence-corrected chi connectivity index (χ3v) is 2.70. The maximum Gasteiger partial charge on any atom is 0.305 e. The topological polar surface area (TPSA) is 99.3 Å². The van der Waals surface area contributed by atoms with Gasteiger partial charge in [0, 0.05) is 19.5 Å². The number of carbonyl (C=O) groups excluding carboxylic acids is 1. The van der Waals surface area contributed by atoms with E-state index in [0.717, 1.165) is 6.92 Å². The normalized spacial score (nSPS) is 13.1. The smallest absolute Gasteiger partial charge is 0.305 e. The minimum absolute atomic E-state index is 0.0590. The van der Waals surface area contributed by atoms with Crippen LogP contribution < -0.4 is 5.14 Å². The van der Waals surface area contributed by atoms with Gasteiger partial charge in [-0.25, -0.2) is 22.9 Å². The maximum absolute atomic E-state index is 13.2. The van der Waals surface area contributed by atoms with Gasteiger partial charge < -0.3 is 4.74 Å². The number of esters is 1. The molecule has 8 heteroatoms. The summed E-state index contributed by atoms with van der Waals surface area (Å²) in [6.45, 7) is 1.05. The van der Waals surface area contributed by atoms with Gasteiger partial charge in [-0.05, 0) is 11.6 Å². The Kier molecular flexibility index (Phi) is 4.13. The van der Waals surface area contributed by atoms with Crippen LogP contribution in [0.15, 0.2) is 23.4 Å². The minimum Gasteiger partial charge on any atom is -0.431 e. The highest BCUT2D eigenvalue weighted by Gasteiger charge is 2.19. The van der Waals surface area contributed by atoms with Crippen LogP contribution >= 0.6 is 0 Å². The zero-order valence-electron chi connectivity index (χ0n) is 8.96. The van der Waals surface area contributed by atoms with Crippen LogP contribution in [0.4, 0.5) is 4.39 Å². The fourth-order valence-electron chi connectivity index (χ4n) is 1.23. The van der Waals surface area contributed by atoms with E-state index in [1.807, 2.05) is 0 Å². The van der Waals surface area contributed by atoms with Crippen molar-refractivity contribution in [3.05, 3.63) is 23.9 Å². The van der Waals surface area contributed by atoms with Gasteiger partial charge in [0.05, 0.1) is 0 Å². The summed E-state index contributed by atoms with van der Waals surface area (Å²) in [5.74, 6) is -0.793. The molecule has 1 aromatic heterocycles. The molecule has 1 aromatic rings. The Hall–Kier alpha value is -1.54. The monoisotopic (exact) mass is 262 g/mol. The van der Waals surface area contributed by atoms with Crippen molar-refractivity contribution >= 4 is 16.0 Å². The Morgan fingerprint density at radius 3 is 2.82 bits per heavy atom. The van der Waals surface area contributed by atoms with Gasteiger partial charge in [0.1, 0.15) is 0 Å². The first kappa shape index (κ1) is 13.5. The standard InChI is InChI=1S/C9H11FN2O4S/c1-6(13)16-8(10)5-7-3-2-4-12-9(7)17(11,14)15/h2-4,8H,5H2,1H3,(H2,11,14,15). The van der Waals surface area contributed by atoms with Gasteiger partial charge in [0.2, 0.25) is 6.36 Å². The van der Waals surface area contributed by atoms with Gasteiger partial charge in [-0.15, -0.1) is 0 Å². The molecule has 0 aromatic carbocycles. The fraction of sp³-hybridized carbons (Fsp3) is 0.333. The molecule has 0 fully saturated rings. The van der Waals surface area contributed by atoms with Crippen molar-refractivity contribution in [3.63, 3.8) is 0 Å². The average Bonchev–Trinajstić information content (AvgIpc) is 2.15. The summed E-state index contributed by atoms with van der Waals surface area (Å²) in [7, 11) is -4.03. The van der Waals surface area contributed by atoms with Crippen molar-refractivity contribution in [3.8, 4) is 0 Å². The molecule has 0 radical (unpaired) electrons. The lowest BCUT2D eigenvalue weighted by Gasteiger charge is -2.10. The van der Waals surface area contributed by atoms with E-state index in [-0.39, 0.29) is 5.56 Å². The van der Waals surface area contributed by atoms with E-state index in [4.69, 9.17) is 5.14 Å². The van der Waals surface area contributed by atoms with Crippen molar-refractivity contribution in [2.75, 3.05) is 0 Å². The van der Waals surface area contributed by atoms with Gasteiger partial charge in [-0.3, -0.25) is 4.79 Å². The predicted molar refractivity (Wildman–Crippen MR) is 56.0 cm³/mol. The molecule has 1 heterocycles. The highest BCUT2D eigenvalue weighted by atomic mass is 32.2. The van der Waals surface area contributed by atoms with Crippen LogP contribution in [-0.2, 0) is 26.0 Å². The molecule has 0 bridgehead atoms. The second kappa shape index (κ2) is 5.19. The highest BCUT2D eigenvalue weighted by molar-refractivity contribution is 7.89. The lowest BCUT2D eigenvalue weighted by Crippen LogP contribution is -2.20. The third kappa shape index (κ3) is 4.08. The van der Waals surface area contributed by atoms with Crippen molar-refractivity contribution in [2.24, 2.45) is 5.14 Å². The molecule has 0 saturated carbocycles. The van der Waals surface area contributed by atoms with E-state index in [1.54, 1.807) is 0 Å². The minimum atomic E-state index is -4.03. The molecule has 1 unspecified atom stereocenters. The summed E-state index contributed by atoms with van der Waals surface area (Å²) in [6, 6.07) is 2.79. The number of carbonyl (C=O) groups is 1. The molecule has 0 spiro atoms. The maximum atomic E-state index is 13.2. The second-order valence-corrected chi connectivity index (χ2v) is 4.71. The molecular weight excluding hydrogens is 251 g/mol. The Labute approximate surface area is 97.7 Å². The summed E-state index contributed by atoms with van der Waals surface area (Å²) in [5.41, 5.74) is 0.0590. The molecule has 17 heavy (non-hydrogen) atoms. The van der Waals surface area contributed by atoms with Crippen LogP contribution in [0.3, 0.4) is 0 Å². The number of pyridine rings is 1. The lowest BCUT2D eigenvalue weighted by molar-refractivity contribution is -0.154. The van der Waals surface area contributed by atoms with Crippen LogP contribution in [0.25, 0.3) is 0 Å². The van der Waals surface area contributed by atoms with Crippen molar-refractivity contribution < 1.29 is 22.3 Å². The zero-order valence-corrected chi connectivity index (χ0v) is 9.78. The largest absolute Gasteiger partial charge is 0.431 e. The zero-order chi connectivity index (χ0) is 13.1. The molecule has 1 rings (SSSR count). The Bertz CT molecular complexity index is 517. The van der Waals surface area contributed by atoms with Gasteiger partial charge in [0.25, 0.3) is 10.0 Å². The first-order valence-electron chi connectivity index (χ1n) is 4.58. The number of rotatable bonds is 4. The number of alkyl halides is 1. The summed E-state index contributed by atoms with van der Waals surface area (Å²) < 4.78 is 39.7. The molecule has 0 aliphatic carbocycles. The number of ether oxygens (including phenoxy) is 1. The molecule has 94 valence electrons. The van der Waals surface area contributed by atoms with Crippen LogP contribution in [0.5, 0.6) is 0 Å². The van der Waals surface area contributed by atoms with Gasteiger partial charge in [-0.2, -0.15) is 0 Å². The van der Waals surface area contributed by atoms with E-state index < -0.39 is 33.8 Å². The molecule has 0 aliphatic heterocycles. The van der Waals surface area contributed by atoms with Crippen LogP contribution in [0.1, 0.15) is 12.5 Å². The van der Waals surface area contributed by atoms with E-state index in [9.17, 15) is 17.6 Å². The second-order valence-electron chi connectivity index (χ2n) is 3.24. The molecule has 1 atom stereocenters. The Morgan fingerprint density at radius 2 is 2.29 bits per heavy atom. The van der Waals surface area contributed by atoms with Crippen molar-refractivity contribution in [2.45, 2.75) is 24.7 Å². The lowest BCUT2D eigenvalue weighted by atomic mass is 10.2. The number of primary sulfonamides is 1. The number of nitrogens with two attached hydrogens (primary N) is 1. The summed E-state index contributed by atoms with van der Waals surface area (Å²) >= 11 is 0. The SMILES string of the molecule is CC(=O)OC(F)Cc1cccnc1S(N)(=O)=O. The predicted octanol–water partition coefficient (Wildman–Crippen LogP) is 0.130. The van der Waals surface area contributed by atoms with Crippen LogP contribution in [-0.4, -0.2) is 25.7 Å². The van der Waals surface area contributed by atoms with E-state index in [0.29, 0.717) is 0 Å². The number of hydrogen-bond donors (Lipinski definition) is 1. The van der Waals surface area contributed by atoms with Crippen molar-refractivity contribution in [1.29, 1.82) is 0 Å². The van der Waals surface area contributed by atoms with Crippen LogP contribution in [0, 0.1) is 0 Å². The van der Waals surface area contributed by atoms with Crippen LogP contribution in [0.2, 0.25) is 0 Å². The van der Waals surface area contributed by atoms with Gasteiger partial charge >= 0.3 is 5.97 Å². The number of halogens is 1. The first-order chi connectivity index (χ1) is 7.80. The average molecular weight is 262 g/mol. The molecule has 0 amide bonds. The quantitative estimate of drug-likeness (QED) is 0.777. The first-order valence-corrected chi connectivity index (χ1v) is 6.13. The fourth-order valence-corrected chi connectivity index (χ4v) is 1.95. The van der Waals surface area contributed by atoms with Gasteiger partial charge in [-0.1, -0.05) is 6.07 Å². The summed E-state index contributed by atoms with van der Waals surface area (Å²) in [4.78, 5) is 14.1. The number of nitrogens with zero attached hydrogens (tertiary/aromatic N) is 1. The van der Waals surface area contributed by atoms with E-state index in [1.165, 1.54) is 18.3 Å². The number of sulfonamides is 1. The van der Waals surface area contributed by atoms with Crippen molar-refractivity contribution in [1.82, 2.24) is 4.98 Å². The highest BCUT2D eigenvalue weighted by Crippen LogP contribution is 2.14.